The molecule has 3 heterocycles. The maximum absolute atomic E-state index is 15.5. The molecule has 2 aromatic heterocycles. The molecular weight excluding hydrogens is 510 g/mol. The van der Waals surface area contributed by atoms with Gasteiger partial charge in [0.2, 0.25) is 0 Å². The number of hydrogen-bond acceptors (Lipinski definition) is 4. The van der Waals surface area contributed by atoms with Crippen LogP contribution in [0.5, 0.6) is 0 Å². The zero-order valence-electron chi connectivity index (χ0n) is 21.5. The van der Waals surface area contributed by atoms with Crippen LogP contribution in [0.15, 0.2) is 54.9 Å². The molecule has 1 saturated heterocycles. The topological polar surface area (TPSA) is 87.3 Å². The molecule has 38 heavy (non-hydrogen) atoms. The van der Waals surface area contributed by atoms with Crippen LogP contribution in [-0.4, -0.2) is 49.1 Å². The largest absolute Gasteiger partial charge is 0.372 e. The molecule has 200 valence electrons. The van der Waals surface area contributed by atoms with Gasteiger partial charge in [0.05, 0.1) is 5.69 Å². The van der Waals surface area contributed by atoms with Gasteiger partial charge in [0.25, 0.3) is 0 Å². The number of fused-ring (bicyclic) bond motifs is 1. The fourth-order valence-corrected chi connectivity index (χ4v) is 6.35. The Balaban J connectivity index is 1.57. The van der Waals surface area contributed by atoms with E-state index in [9.17, 15) is 12.8 Å². The molecular formula is C28H30F2N4O3S. The van der Waals surface area contributed by atoms with E-state index in [1.807, 2.05) is 44.2 Å². The highest BCUT2D eigenvalue weighted by Crippen LogP contribution is 2.38. The summed E-state index contributed by atoms with van der Waals surface area (Å²) in [5, 5.41) is 0.772. The van der Waals surface area contributed by atoms with Crippen LogP contribution in [0.1, 0.15) is 41.7 Å². The molecule has 0 aliphatic carbocycles. The third-order valence-corrected chi connectivity index (χ3v) is 8.55. The highest BCUT2D eigenvalue weighted by Gasteiger charge is 2.33. The second kappa shape index (κ2) is 10.4. The molecule has 2 atom stereocenters. The SMILES string of the molecule is CCc1c(NS(=O)(=O)N2CC[C@@H](F)C2)ccc(F)c1C(OC)c1c[nH]c2ncc(-c3ccc(C)cc3)cc12. The number of hydrogen-bond donors (Lipinski definition) is 2. The normalized spacial score (nSPS) is 17.2. The van der Waals surface area contributed by atoms with Crippen LogP contribution < -0.4 is 4.72 Å². The number of halogens is 2. The van der Waals surface area contributed by atoms with Gasteiger partial charge >= 0.3 is 10.2 Å². The first-order valence-electron chi connectivity index (χ1n) is 12.5. The summed E-state index contributed by atoms with van der Waals surface area (Å²) in [4.78, 5) is 7.70. The Kier molecular flexibility index (Phi) is 7.21. The summed E-state index contributed by atoms with van der Waals surface area (Å²) >= 11 is 0. The number of rotatable bonds is 8. The lowest BCUT2D eigenvalue weighted by atomic mass is 9.93. The standard InChI is InChI=1S/C28H30F2N4O3S/c1-4-21-25(33-38(35,36)34-12-11-20(29)16-34)10-9-24(30)26(21)27(37-3)23-15-32-28-22(23)13-19(14-31-28)18-7-5-17(2)6-8-18/h5-10,13-15,20,27,33H,4,11-12,16H2,1-3H3,(H,31,32)/t20-,27?/m1/s1. The van der Waals surface area contributed by atoms with Crippen LogP contribution in [0.3, 0.4) is 0 Å². The fraction of sp³-hybridized carbons (Fsp3) is 0.321. The highest BCUT2D eigenvalue weighted by molar-refractivity contribution is 7.90. The Morgan fingerprint density at radius 2 is 1.97 bits per heavy atom. The van der Waals surface area contributed by atoms with E-state index >= 15 is 4.39 Å². The van der Waals surface area contributed by atoms with Crippen molar-refractivity contribution in [2.45, 2.75) is 39.0 Å². The number of aryl methyl sites for hydroxylation is 1. The fourth-order valence-electron chi connectivity index (χ4n) is 5.05. The quantitative estimate of drug-likeness (QED) is 0.301. The number of alkyl halides is 1. The van der Waals surface area contributed by atoms with Crippen LogP contribution in [0.2, 0.25) is 0 Å². The van der Waals surface area contributed by atoms with Gasteiger partial charge in [-0.2, -0.15) is 12.7 Å². The molecule has 7 nitrogen and oxygen atoms in total. The van der Waals surface area contributed by atoms with Gasteiger partial charge in [-0.15, -0.1) is 0 Å². The van der Waals surface area contributed by atoms with E-state index in [0.29, 0.717) is 23.2 Å². The molecule has 5 rings (SSSR count). The lowest BCUT2D eigenvalue weighted by Gasteiger charge is -2.24. The number of benzene rings is 2. The van der Waals surface area contributed by atoms with Crippen molar-refractivity contribution in [3.8, 4) is 11.1 Å². The summed E-state index contributed by atoms with van der Waals surface area (Å²) in [5.74, 6) is -0.515. The summed E-state index contributed by atoms with van der Waals surface area (Å²) in [7, 11) is -2.52. The van der Waals surface area contributed by atoms with E-state index in [4.69, 9.17) is 4.74 Å². The zero-order valence-corrected chi connectivity index (χ0v) is 22.3. The number of anilines is 1. The van der Waals surface area contributed by atoms with Crippen molar-refractivity contribution in [1.82, 2.24) is 14.3 Å². The Bertz CT molecular complexity index is 1570. The van der Waals surface area contributed by atoms with Crippen LogP contribution >= 0.6 is 0 Å². The Morgan fingerprint density at radius 3 is 2.63 bits per heavy atom. The number of aromatic amines is 1. The van der Waals surface area contributed by atoms with Gasteiger partial charge in [-0.25, -0.2) is 13.8 Å². The van der Waals surface area contributed by atoms with Gasteiger partial charge in [0.1, 0.15) is 23.7 Å². The predicted octanol–water partition coefficient (Wildman–Crippen LogP) is 5.68. The Labute approximate surface area is 221 Å². The Hall–Kier alpha value is -3.34. The van der Waals surface area contributed by atoms with Crippen molar-refractivity contribution < 1.29 is 21.9 Å². The number of nitrogens with one attached hydrogen (secondary N) is 2. The van der Waals surface area contributed by atoms with Crippen LogP contribution in [0.25, 0.3) is 22.2 Å². The van der Waals surface area contributed by atoms with E-state index in [0.717, 1.165) is 26.4 Å². The van der Waals surface area contributed by atoms with E-state index in [1.54, 1.807) is 12.4 Å². The smallest absolute Gasteiger partial charge is 0.301 e. The van der Waals surface area contributed by atoms with E-state index in [1.165, 1.54) is 19.2 Å². The van der Waals surface area contributed by atoms with Crippen molar-refractivity contribution >= 4 is 26.9 Å². The molecule has 1 aliphatic rings. The van der Waals surface area contributed by atoms with E-state index < -0.39 is 28.3 Å². The number of nitrogens with zero attached hydrogens (tertiary/aromatic N) is 2. The minimum atomic E-state index is -4.00. The number of methoxy groups -OCH3 is 1. The first-order valence-corrected chi connectivity index (χ1v) is 14.0. The summed E-state index contributed by atoms with van der Waals surface area (Å²) < 4.78 is 64.6. The van der Waals surface area contributed by atoms with Crippen molar-refractivity contribution in [3.63, 3.8) is 0 Å². The highest BCUT2D eigenvalue weighted by atomic mass is 32.2. The predicted molar refractivity (Wildman–Crippen MR) is 145 cm³/mol. The third kappa shape index (κ3) is 4.91. The van der Waals surface area contributed by atoms with Gasteiger partial charge in [-0.3, -0.25) is 4.72 Å². The lowest BCUT2D eigenvalue weighted by molar-refractivity contribution is 0.133. The van der Waals surface area contributed by atoms with Crippen molar-refractivity contribution in [2.75, 3.05) is 24.9 Å². The summed E-state index contributed by atoms with van der Waals surface area (Å²) in [6.07, 6.45) is 1.99. The molecule has 2 aromatic carbocycles. The van der Waals surface area contributed by atoms with Crippen LogP contribution in [0, 0.1) is 12.7 Å². The number of ether oxygens (including phenoxy) is 1. The maximum Gasteiger partial charge on any atom is 0.301 e. The number of aromatic nitrogens is 2. The molecule has 0 bridgehead atoms. The average Bonchev–Trinajstić information content (AvgIpc) is 3.53. The van der Waals surface area contributed by atoms with Crippen molar-refractivity contribution in [3.05, 3.63) is 82.9 Å². The van der Waals surface area contributed by atoms with E-state index in [2.05, 4.69) is 14.7 Å². The zero-order chi connectivity index (χ0) is 27.0. The molecule has 0 amide bonds. The second-order valence-corrected chi connectivity index (χ2v) is 11.2. The minimum Gasteiger partial charge on any atom is -0.372 e. The molecule has 1 aliphatic heterocycles. The van der Waals surface area contributed by atoms with Gasteiger partial charge in [-0.1, -0.05) is 36.8 Å². The van der Waals surface area contributed by atoms with Gasteiger partial charge in [0.15, 0.2) is 0 Å². The first kappa shape index (κ1) is 26.3. The maximum atomic E-state index is 15.5. The number of pyridine rings is 1. The summed E-state index contributed by atoms with van der Waals surface area (Å²) in [5.41, 5.74) is 5.31. The molecule has 2 N–H and O–H groups in total. The Morgan fingerprint density at radius 1 is 1.21 bits per heavy atom. The van der Waals surface area contributed by atoms with Gasteiger partial charge in [-0.05, 0) is 49.1 Å². The second-order valence-electron chi connectivity index (χ2n) is 9.54. The van der Waals surface area contributed by atoms with Gasteiger partial charge < -0.3 is 9.72 Å². The molecule has 1 unspecified atom stereocenters. The molecule has 10 heteroatoms. The van der Waals surface area contributed by atoms with Crippen LogP contribution in [0.4, 0.5) is 14.5 Å². The third-order valence-electron chi connectivity index (χ3n) is 7.06. The van der Waals surface area contributed by atoms with E-state index in [-0.39, 0.29) is 30.8 Å². The average molecular weight is 541 g/mol. The molecule has 0 spiro atoms. The van der Waals surface area contributed by atoms with Crippen molar-refractivity contribution in [2.24, 2.45) is 0 Å². The van der Waals surface area contributed by atoms with Crippen molar-refractivity contribution in [1.29, 1.82) is 0 Å². The molecule has 0 radical (unpaired) electrons. The van der Waals surface area contributed by atoms with Gasteiger partial charge in [0, 0.05) is 54.7 Å². The minimum absolute atomic E-state index is 0.0956. The molecule has 4 aromatic rings. The number of H-pyrrole nitrogens is 1. The summed E-state index contributed by atoms with van der Waals surface area (Å²) in [6, 6.07) is 12.7. The lowest BCUT2D eigenvalue weighted by Crippen LogP contribution is -2.34. The summed E-state index contributed by atoms with van der Waals surface area (Å²) in [6.45, 7) is 3.74. The van der Waals surface area contributed by atoms with Crippen LogP contribution in [-0.2, 0) is 21.4 Å². The molecule has 1 fully saturated rings. The first-order chi connectivity index (χ1) is 18.2. The molecule has 0 saturated carbocycles. The monoisotopic (exact) mass is 540 g/mol.